The van der Waals surface area contributed by atoms with E-state index in [1.54, 1.807) is 0 Å². The van der Waals surface area contributed by atoms with E-state index in [4.69, 9.17) is 0 Å². The molecule has 0 saturated carbocycles. The Bertz CT molecular complexity index is 419. The number of hydrogen-bond donors (Lipinski definition) is 2. The van der Waals surface area contributed by atoms with Gasteiger partial charge in [-0.3, -0.25) is 4.79 Å². The van der Waals surface area contributed by atoms with Gasteiger partial charge in [-0.15, -0.1) is 0 Å². The fourth-order valence-corrected chi connectivity index (χ4v) is 2.76. The molecule has 2 atom stereocenters. The second kappa shape index (κ2) is 7.06. The van der Waals surface area contributed by atoms with Gasteiger partial charge in [0.2, 0.25) is 5.91 Å². The van der Waals surface area contributed by atoms with E-state index in [2.05, 4.69) is 45.6 Å². The van der Waals surface area contributed by atoms with Gasteiger partial charge in [0.1, 0.15) is 0 Å². The molecule has 0 aliphatic carbocycles. The highest BCUT2D eigenvalue weighted by Crippen LogP contribution is 2.16. The third kappa shape index (κ3) is 4.62. The van der Waals surface area contributed by atoms with E-state index in [0.717, 1.165) is 36.8 Å². The molecule has 0 aromatic heterocycles. The molecule has 2 N–H and O–H groups in total. The van der Waals surface area contributed by atoms with E-state index >= 15 is 0 Å². The molecule has 1 aliphatic rings. The Kier molecular flexibility index (Phi) is 5.40. The van der Waals surface area contributed by atoms with E-state index in [1.807, 2.05) is 12.1 Å². The fourth-order valence-electron chi connectivity index (χ4n) is 2.50. The molecule has 1 fully saturated rings. The van der Waals surface area contributed by atoms with Crippen LogP contribution in [0.4, 0.5) is 0 Å². The monoisotopic (exact) mass is 324 g/mol. The second-order valence-electron chi connectivity index (χ2n) is 5.24. The maximum Gasteiger partial charge on any atom is 0.223 e. The Morgan fingerprint density at radius 1 is 1.42 bits per heavy atom. The zero-order valence-corrected chi connectivity index (χ0v) is 12.9. The lowest BCUT2D eigenvalue weighted by molar-refractivity contribution is -0.126. The van der Waals surface area contributed by atoms with Crippen LogP contribution >= 0.6 is 15.9 Å². The maximum absolute atomic E-state index is 12.0. The summed E-state index contributed by atoms with van der Waals surface area (Å²) in [4.78, 5) is 12.0. The Hall–Kier alpha value is -0.870. The zero-order chi connectivity index (χ0) is 13.7. The van der Waals surface area contributed by atoms with Crippen molar-refractivity contribution >= 4 is 21.8 Å². The second-order valence-corrected chi connectivity index (χ2v) is 6.16. The van der Waals surface area contributed by atoms with E-state index in [9.17, 15) is 4.79 Å². The number of piperidine rings is 1. The van der Waals surface area contributed by atoms with Crippen molar-refractivity contribution in [3.05, 3.63) is 34.3 Å². The number of nitrogens with one attached hydrogen (secondary N) is 2. The summed E-state index contributed by atoms with van der Waals surface area (Å²) >= 11 is 3.42. The highest BCUT2D eigenvalue weighted by Gasteiger charge is 2.24. The number of hydrogen-bond acceptors (Lipinski definition) is 2. The van der Waals surface area contributed by atoms with Gasteiger partial charge in [0.15, 0.2) is 0 Å². The van der Waals surface area contributed by atoms with Crippen molar-refractivity contribution in [3.8, 4) is 0 Å². The van der Waals surface area contributed by atoms with Crippen LogP contribution in [-0.2, 0) is 11.2 Å². The molecule has 104 valence electrons. The van der Waals surface area contributed by atoms with Crippen molar-refractivity contribution < 1.29 is 4.79 Å². The van der Waals surface area contributed by atoms with Gasteiger partial charge in [-0.25, -0.2) is 0 Å². The predicted octanol–water partition coefficient (Wildman–Crippen LogP) is 2.50. The van der Waals surface area contributed by atoms with Crippen molar-refractivity contribution in [2.24, 2.45) is 5.92 Å². The molecule has 2 rings (SSSR count). The lowest BCUT2D eigenvalue weighted by Crippen LogP contribution is -2.42. The number of carbonyl (C=O) groups excluding carboxylic acids is 1. The molecule has 1 aromatic rings. The van der Waals surface area contributed by atoms with E-state index in [0.29, 0.717) is 6.04 Å². The zero-order valence-electron chi connectivity index (χ0n) is 11.3. The van der Waals surface area contributed by atoms with Gasteiger partial charge in [-0.2, -0.15) is 0 Å². The molecule has 0 bridgehead atoms. The SMILES string of the molecule is C[C@H]1C[C@@H](C(=O)NCCc2ccc(Br)cc2)CCN1. The normalized spacial score (nSPS) is 23.1. The summed E-state index contributed by atoms with van der Waals surface area (Å²) in [7, 11) is 0. The number of rotatable bonds is 4. The molecule has 0 radical (unpaired) electrons. The van der Waals surface area contributed by atoms with Crippen molar-refractivity contribution in [3.63, 3.8) is 0 Å². The van der Waals surface area contributed by atoms with E-state index < -0.39 is 0 Å². The molecule has 4 heteroatoms. The maximum atomic E-state index is 12.0. The first-order valence-electron chi connectivity index (χ1n) is 6.90. The Morgan fingerprint density at radius 2 is 2.16 bits per heavy atom. The summed E-state index contributed by atoms with van der Waals surface area (Å²) in [6.07, 6.45) is 2.79. The number of halogens is 1. The van der Waals surface area contributed by atoms with Gasteiger partial charge < -0.3 is 10.6 Å². The Morgan fingerprint density at radius 3 is 2.84 bits per heavy atom. The molecule has 1 aliphatic heterocycles. The third-order valence-electron chi connectivity index (χ3n) is 3.62. The van der Waals surface area contributed by atoms with Crippen LogP contribution in [0.3, 0.4) is 0 Å². The summed E-state index contributed by atoms with van der Waals surface area (Å²) in [6, 6.07) is 8.69. The molecule has 19 heavy (non-hydrogen) atoms. The molecule has 3 nitrogen and oxygen atoms in total. The van der Waals surface area contributed by atoms with Crippen LogP contribution < -0.4 is 10.6 Å². The highest BCUT2D eigenvalue weighted by atomic mass is 79.9. The molecular weight excluding hydrogens is 304 g/mol. The van der Waals surface area contributed by atoms with Crippen LogP contribution in [0.2, 0.25) is 0 Å². The average molecular weight is 325 g/mol. The van der Waals surface area contributed by atoms with Crippen LogP contribution in [0.15, 0.2) is 28.7 Å². The summed E-state index contributed by atoms with van der Waals surface area (Å²) in [6.45, 7) is 3.81. The third-order valence-corrected chi connectivity index (χ3v) is 4.15. The Labute approximate surface area is 123 Å². The first-order valence-corrected chi connectivity index (χ1v) is 7.70. The summed E-state index contributed by atoms with van der Waals surface area (Å²) < 4.78 is 1.09. The van der Waals surface area contributed by atoms with Gasteiger partial charge in [0, 0.05) is 23.0 Å². The standard InChI is InChI=1S/C15H21BrN2O/c1-11-10-13(7-9-17-11)15(19)18-8-6-12-2-4-14(16)5-3-12/h2-5,11,13,17H,6-10H2,1H3,(H,18,19)/t11-,13-/m0/s1. The van der Waals surface area contributed by atoms with Crippen LogP contribution in [0.5, 0.6) is 0 Å². The van der Waals surface area contributed by atoms with Crippen LogP contribution in [0.1, 0.15) is 25.3 Å². The van der Waals surface area contributed by atoms with Crippen molar-refractivity contribution in [1.29, 1.82) is 0 Å². The molecule has 0 spiro atoms. The predicted molar refractivity (Wildman–Crippen MR) is 81.0 cm³/mol. The quantitative estimate of drug-likeness (QED) is 0.893. The van der Waals surface area contributed by atoms with Gasteiger partial charge >= 0.3 is 0 Å². The number of carbonyl (C=O) groups is 1. The number of amides is 1. The van der Waals surface area contributed by atoms with Crippen molar-refractivity contribution in [2.75, 3.05) is 13.1 Å². The fraction of sp³-hybridized carbons (Fsp3) is 0.533. The largest absolute Gasteiger partial charge is 0.356 e. The van der Waals surface area contributed by atoms with Crippen LogP contribution in [0.25, 0.3) is 0 Å². The molecule has 1 amide bonds. The first-order chi connectivity index (χ1) is 9.15. The van der Waals surface area contributed by atoms with Gasteiger partial charge in [-0.05, 0) is 50.4 Å². The average Bonchev–Trinajstić information content (AvgIpc) is 2.41. The summed E-state index contributed by atoms with van der Waals surface area (Å²) in [5.74, 6) is 0.395. The lowest BCUT2D eigenvalue weighted by Gasteiger charge is -2.27. The smallest absolute Gasteiger partial charge is 0.223 e. The summed E-state index contributed by atoms with van der Waals surface area (Å²) in [5.41, 5.74) is 1.25. The van der Waals surface area contributed by atoms with Crippen molar-refractivity contribution in [1.82, 2.24) is 10.6 Å². The van der Waals surface area contributed by atoms with E-state index in [1.165, 1.54) is 5.56 Å². The Balaban J connectivity index is 1.73. The minimum atomic E-state index is 0.182. The van der Waals surface area contributed by atoms with Crippen molar-refractivity contribution in [2.45, 2.75) is 32.2 Å². The number of benzene rings is 1. The van der Waals surface area contributed by atoms with E-state index in [-0.39, 0.29) is 11.8 Å². The molecule has 1 aromatic carbocycles. The minimum Gasteiger partial charge on any atom is -0.356 e. The van der Waals surface area contributed by atoms with Crippen LogP contribution in [-0.4, -0.2) is 25.0 Å². The topological polar surface area (TPSA) is 41.1 Å². The highest BCUT2D eigenvalue weighted by molar-refractivity contribution is 9.10. The molecule has 0 unspecified atom stereocenters. The lowest BCUT2D eigenvalue weighted by atomic mass is 9.92. The molecule has 1 heterocycles. The van der Waals surface area contributed by atoms with Gasteiger partial charge in [0.25, 0.3) is 0 Å². The molecule has 1 saturated heterocycles. The van der Waals surface area contributed by atoms with Gasteiger partial charge in [0.05, 0.1) is 0 Å². The van der Waals surface area contributed by atoms with Crippen LogP contribution in [0, 0.1) is 5.92 Å². The minimum absolute atomic E-state index is 0.182. The summed E-state index contributed by atoms with van der Waals surface area (Å²) in [5, 5.41) is 6.43. The molecular formula is C15H21BrN2O. The first kappa shape index (κ1) is 14.5. The van der Waals surface area contributed by atoms with Gasteiger partial charge in [-0.1, -0.05) is 28.1 Å².